The molecule has 0 aliphatic heterocycles. The van der Waals surface area contributed by atoms with Crippen LogP contribution >= 0.6 is 23.2 Å². The average molecular weight is 212 g/mol. The maximum atomic E-state index is 8.35. The van der Waals surface area contributed by atoms with Crippen LogP contribution in [-0.4, -0.2) is 17.3 Å². The van der Waals surface area contributed by atoms with Crippen molar-refractivity contribution in [3.05, 3.63) is 0 Å². The van der Waals surface area contributed by atoms with Crippen LogP contribution in [0, 0.1) is 5.41 Å². The van der Waals surface area contributed by atoms with Crippen LogP contribution in [0.4, 0.5) is 0 Å². The first-order valence-corrected chi connectivity index (χ1v) is 4.93. The molecule has 0 aromatic carbocycles. The number of unbranched alkanes of at least 4 members (excludes halogenated alkanes) is 1. The van der Waals surface area contributed by atoms with Gasteiger partial charge in [-0.3, -0.25) is 0 Å². The molecule has 2 nitrogen and oxygen atoms in total. The average Bonchev–Trinajstić information content (AvgIpc) is 2.06. The van der Waals surface area contributed by atoms with Crippen molar-refractivity contribution < 1.29 is 4.79 Å². The highest BCUT2D eigenvalue weighted by Crippen LogP contribution is 2.10. The number of carbonyl (C=O) groups excluding carboxylic acids is 1. The predicted molar refractivity (Wildman–Crippen MR) is 52.9 cm³/mol. The van der Waals surface area contributed by atoms with Crippen LogP contribution in [-0.2, 0) is 4.79 Å². The van der Waals surface area contributed by atoms with E-state index in [1.54, 1.807) is 0 Å². The van der Waals surface area contributed by atoms with Crippen LogP contribution < -0.4 is 0 Å². The van der Waals surface area contributed by atoms with Crippen molar-refractivity contribution in [1.29, 1.82) is 5.41 Å². The Morgan fingerprint density at radius 3 is 2.33 bits per heavy atom. The lowest BCUT2D eigenvalue weighted by Gasteiger charge is -2.02. The molecule has 4 heteroatoms. The number of halogens is 2. The first-order valence-electron chi connectivity index (χ1n) is 3.96. The van der Waals surface area contributed by atoms with E-state index >= 15 is 0 Å². The number of hydrogen-bond donors (Lipinski definition) is 1. The molecule has 0 fully saturated rings. The Balaban J connectivity index is 0. The van der Waals surface area contributed by atoms with Gasteiger partial charge in [-0.05, 0) is 19.3 Å². The summed E-state index contributed by atoms with van der Waals surface area (Å²) in [6, 6.07) is 0. The highest BCUT2D eigenvalue weighted by atomic mass is 35.5. The van der Waals surface area contributed by atoms with Gasteiger partial charge in [0.2, 0.25) is 6.08 Å². The fourth-order valence-corrected chi connectivity index (χ4v) is 1.01. The van der Waals surface area contributed by atoms with Crippen molar-refractivity contribution in [2.75, 3.05) is 5.88 Å². The molecule has 1 atom stereocenters. The second-order valence-electron chi connectivity index (χ2n) is 2.29. The van der Waals surface area contributed by atoms with E-state index in [-0.39, 0.29) is 0 Å². The Kier molecular flexibility index (Phi) is 16.3. The molecule has 0 saturated heterocycles. The quantitative estimate of drug-likeness (QED) is 0.323. The van der Waals surface area contributed by atoms with E-state index in [9.17, 15) is 0 Å². The second-order valence-corrected chi connectivity index (χ2v) is 3.29. The minimum atomic E-state index is 0.369. The summed E-state index contributed by atoms with van der Waals surface area (Å²) >= 11 is 11.3. The smallest absolute Gasteiger partial charge is 0.222 e. The standard InChI is InChI=1S/C7H14Cl2.CHNO/c1-2-7(9)5-3-4-6-8;2-1-3/h7H,2-6H2,1H3;2H. The third kappa shape index (κ3) is 16.5. The Morgan fingerprint density at radius 2 is 2.00 bits per heavy atom. The van der Waals surface area contributed by atoms with E-state index < -0.39 is 0 Å². The Hall–Kier alpha value is -0.0400. The van der Waals surface area contributed by atoms with Crippen LogP contribution in [0.15, 0.2) is 0 Å². The molecule has 0 aliphatic carbocycles. The van der Waals surface area contributed by atoms with Gasteiger partial charge in [0.15, 0.2) is 0 Å². The highest BCUT2D eigenvalue weighted by Gasteiger charge is 1.98. The number of isocyanates is 1. The zero-order valence-electron chi connectivity index (χ0n) is 7.28. The molecule has 0 bridgehead atoms. The van der Waals surface area contributed by atoms with Crippen molar-refractivity contribution in [2.24, 2.45) is 0 Å². The van der Waals surface area contributed by atoms with Gasteiger partial charge in [-0.1, -0.05) is 13.3 Å². The third-order valence-corrected chi connectivity index (χ3v) is 2.14. The van der Waals surface area contributed by atoms with E-state index in [0.717, 1.165) is 31.2 Å². The fraction of sp³-hybridized carbons (Fsp3) is 0.875. The fourth-order valence-electron chi connectivity index (χ4n) is 0.664. The summed E-state index contributed by atoms with van der Waals surface area (Å²) in [5.41, 5.74) is 0. The summed E-state index contributed by atoms with van der Waals surface area (Å²) < 4.78 is 0. The molecule has 0 amide bonds. The lowest BCUT2D eigenvalue weighted by atomic mass is 10.2. The van der Waals surface area contributed by atoms with Crippen molar-refractivity contribution in [3.63, 3.8) is 0 Å². The van der Waals surface area contributed by atoms with Gasteiger partial charge in [-0.15, -0.1) is 23.2 Å². The molecule has 0 aromatic rings. The first-order chi connectivity index (χ1) is 5.72. The summed E-state index contributed by atoms with van der Waals surface area (Å²) in [5, 5.41) is 5.77. The minimum absolute atomic E-state index is 0.369. The molecule has 72 valence electrons. The number of rotatable bonds is 5. The molecule has 12 heavy (non-hydrogen) atoms. The van der Waals surface area contributed by atoms with Crippen LogP contribution in [0.3, 0.4) is 0 Å². The topological polar surface area (TPSA) is 40.9 Å². The molecular weight excluding hydrogens is 197 g/mol. The van der Waals surface area contributed by atoms with E-state index in [1.807, 2.05) is 0 Å². The van der Waals surface area contributed by atoms with Crippen molar-refractivity contribution in [1.82, 2.24) is 0 Å². The first kappa shape index (κ1) is 14.5. The zero-order valence-corrected chi connectivity index (χ0v) is 8.79. The van der Waals surface area contributed by atoms with Gasteiger partial charge in [0.1, 0.15) is 0 Å². The largest absolute Gasteiger partial charge is 0.231 e. The van der Waals surface area contributed by atoms with Crippen LogP contribution in [0.2, 0.25) is 0 Å². The van der Waals surface area contributed by atoms with Gasteiger partial charge < -0.3 is 0 Å². The number of nitrogens with one attached hydrogen (secondary N) is 1. The normalized spacial score (nSPS) is 10.9. The van der Waals surface area contributed by atoms with Crippen LogP contribution in [0.5, 0.6) is 0 Å². The number of hydrogen-bond acceptors (Lipinski definition) is 2. The molecule has 0 spiro atoms. The van der Waals surface area contributed by atoms with Gasteiger partial charge in [-0.2, -0.15) is 0 Å². The molecule has 1 N–H and O–H groups in total. The second kappa shape index (κ2) is 13.5. The maximum Gasteiger partial charge on any atom is 0.231 e. The van der Waals surface area contributed by atoms with Crippen LogP contribution in [0.25, 0.3) is 0 Å². The molecular formula is C8H15Cl2NO. The van der Waals surface area contributed by atoms with Gasteiger partial charge in [-0.25, -0.2) is 10.2 Å². The molecule has 0 aliphatic rings. The molecule has 0 radical (unpaired) electrons. The Labute approximate surface area is 83.8 Å². The summed E-state index contributed by atoms with van der Waals surface area (Å²) in [5.74, 6) is 0.771. The monoisotopic (exact) mass is 211 g/mol. The van der Waals surface area contributed by atoms with E-state index in [1.165, 1.54) is 6.42 Å². The van der Waals surface area contributed by atoms with Crippen molar-refractivity contribution in [3.8, 4) is 0 Å². The summed E-state index contributed by atoms with van der Waals surface area (Å²) in [6.07, 6.45) is 5.21. The molecule has 0 heterocycles. The van der Waals surface area contributed by atoms with Crippen molar-refractivity contribution in [2.45, 2.75) is 38.0 Å². The number of alkyl halides is 2. The van der Waals surface area contributed by atoms with E-state index in [4.69, 9.17) is 33.4 Å². The van der Waals surface area contributed by atoms with E-state index in [0.29, 0.717) is 5.38 Å². The van der Waals surface area contributed by atoms with Crippen molar-refractivity contribution >= 4 is 29.3 Å². The van der Waals surface area contributed by atoms with Gasteiger partial charge in [0.25, 0.3) is 0 Å². The summed E-state index contributed by atoms with van der Waals surface area (Å²) in [6.45, 7) is 2.11. The lowest BCUT2D eigenvalue weighted by molar-refractivity contribution is 0.563. The summed E-state index contributed by atoms with van der Waals surface area (Å²) in [7, 11) is 0. The Bertz CT molecular complexity index is 114. The molecule has 1 unspecified atom stereocenters. The predicted octanol–water partition coefficient (Wildman–Crippen LogP) is 3.31. The zero-order chi connectivity index (χ0) is 9.82. The molecule has 0 saturated carbocycles. The SMILES string of the molecule is CCC(Cl)CCCCCl.N=C=O. The summed E-state index contributed by atoms with van der Waals surface area (Å²) in [4.78, 5) is 8.35. The maximum absolute atomic E-state index is 8.35. The Morgan fingerprint density at radius 1 is 1.50 bits per heavy atom. The highest BCUT2D eigenvalue weighted by molar-refractivity contribution is 6.20. The van der Waals surface area contributed by atoms with Gasteiger partial charge in [0.05, 0.1) is 0 Å². The minimum Gasteiger partial charge on any atom is -0.222 e. The van der Waals surface area contributed by atoms with E-state index in [2.05, 4.69) is 6.92 Å². The molecule has 0 aromatic heterocycles. The third-order valence-electron chi connectivity index (χ3n) is 1.34. The molecule has 0 rings (SSSR count). The van der Waals surface area contributed by atoms with Crippen LogP contribution in [0.1, 0.15) is 32.6 Å². The lowest BCUT2D eigenvalue weighted by Crippen LogP contribution is -1.94. The van der Waals surface area contributed by atoms with Gasteiger partial charge >= 0.3 is 0 Å². The van der Waals surface area contributed by atoms with Gasteiger partial charge in [0, 0.05) is 11.3 Å².